The van der Waals surface area contributed by atoms with Crippen LogP contribution in [0.4, 0.5) is 0 Å². The SMILES string of the molecule is COc1cc(C)c(CNCC=O)cc1C. The van der Waals surface area contributed by atoms with Gasteiger partial charge in [-0.25, -0.2) is 0 Å². The van der Waals surface area contributed by atoms with Crippen molar-refractivity contribution in [3.05, 3.63) is 28.8 Å². The Labute approximate surface area is 90.4 Å². The molecule has 0 bridgehead atoms. The highest BCUT2D eigenvalue weighted by Gasteiger charge is 2.03. The number of rotatable bonds is 5. The minimum absolute atomic E-state index is 0.393. The lowest BCUT2D eigenvalue weighted by atomic mass is 10.0. The van der Waals surface area contributed by atoms with Gasteiger partial charge in [0.25, 0.3) is 0 Å². The Hall–Kier alpha value is -1.35. The van der Waals surface area contributed by atoms with Crippen LogP contribution in [0.3, 0.4) is 0 Å². The molecule has 0 atom stereocenters. The molecule has 1 aromatic rings. The lowest BCUT2D eigenvalue weighted by molar-refractivity contribution is -0.107. The predicted octanol–water partition coefficient (Wildman–Crippen LogP) is 1.60. The Morgan fingerprint density at radius 1 is 1.33 bits per heavy atom. The predicted molar refractivity (Wildman–Crippen MR) is 60.2 cm³/mol. The maximum Gasteiger partial charge on any atom is 0.133 e. The van der Waals surface area contributed by atoms with Gasteiger partial charge in [0, 0.05) is 6.54 Å². The molecule has 0 aliphatic heterocycles. The number of aldehydes is 1. The van der Waals surface area contributed by atoms with Crippen molar-refractivity contribution >= 4 is 6.29 Å². The van der Waals surface area contributed by atoms with Crippen molar-refractivity contribution in [1.29, 1.82) is 0 Å². The van der Waals surface area contributed by atoms with Gasteiger partial charge in [-0.1, -0.05) is 6.07 Å². The molecule has 15 heavy (non-hydrogen) atoms. The Morgan fingerprint density at radius 3 is 2.67 bits per heavy atom. The summed E-state index contributed by atoms with van der Waals surface area (Å²) in [7, 11) is 1.67. The number of benzene rings is 1. The standard InChI is InChI=1S/C12H17NO2/c1-9-7-12(15-3)10(2)6-11(9)8-13-4-5-14/h5-7,13H,4,8H2,1-3H3. The molecule has 1 aromatic carbocycles. The topological polar surface area (TPSA) is 38.3 Å². The summed E-state index contributed by atoms with van der Waals surface area (Å²) >= 11 is 0. The lowest BCUT2D eigenvalue weighted by Gasteiger charge is -2.11. The summed E-state index contributed by atoms with van der Waals surface area (Å²) in [5.74, 6) is 0.909. The molecule has 0 aliphatic carbocycles. The van der Waals surface area contributed by atoms with E-state index in [0.717, 1.165) is 24.1 Å². The lowest BCUT2D eigenvalue weighted by Crippen LogP contribution is -2.16. The summed E-state index contributed by atoms with van der Waals surface area (Å²) in [6.07, 6.45) is 0.867. The Bertz CT molecular complexity index is 348. The van der Waals surface area contributed by atoms with E-state index < -0.39 is 0 Å². The van der Waals surface area contributed by atoms with Gasteiger partial charge in [0.05, 0.1) is 13.7 Å². The van der Waals surface area contributed by atoms with E-state index in [1.807, 2.05) is 19.9 Å². The summed E-state index contributed by atoms with van der Waals surface area (Å²) < 4.78 is 5.23. The molecule has 1 rings (SSSR count). The summed E-state index contributed by atoms with van der Waals surface area (Å²) in [4.78, 5) is 10.2. The van der Waals surface area contributed by atoms with Crippen molar-refractivity contribution in [3.8, 4) is 5.75 Å². The Morgan fingerprint density at radius 2 is 2.07 bits per heavy atom. The molecule has 0 aromatic heterocycles. The fourth-order valence-corrected chi connectivity index (χ4v) is 1.53. The van der Waals surface area contributed by atoms with Gasteiger partial charge in [0.15, 0.2) is 0 Å². The van der Waals surface area contributed by atoms with Crippen molar-refractivity contribution in [2.45, 2.75) is 20.4 Å². The van der Waals surface area contributed by atoms with Crippen molar-refractivity contribution in [2.24, 2.45) is 0 Å². The van der Waals surface area contributed by atoms with Gasteiger partial charge in [0.1, 0.15) is 12.0 Å². The van der Waals surface area contributed by atoms with Crippen molar-refractivity contribution in [2.75, 3.05) is 13.7 Å². The first kappa shape index (κ1) is 11.7. The molecular weight excluding hydrogens is 190 g/mol. The van der Waals surface area contributed by atoms with Gasteiger partial charge >= 0.3 is 0 Å². The number of aryl methyl sites for hydroxylation is 2. The molecule has 82 valence electrons. The molecule has 3 heteroatoms. The third-order valence-electron chi connectivity index (χ3n) is 2.40. The van der Waals surface area contributed by atoms with E-state index in [2.05, 4.69) is 11.4 Å². The maximum atomic E-state index is 10.2. The van der Waals surface area contributed by atoms with Gasteiger partial charge in [-0.3, -0.25) is 0 Å². The van der Waals surface area contributed by atoms with Crippen LogP contribution < -0.4 is 10.1 Å². The monoisotopic (exact) mass is 207 g/mol. The van der Waals surface area contributed by atoms with Crippen LogP contribution in [0.2, 0.25) is 0 Å². The number of hydrogen-bond acceptors (Lipinski definition) is 3. The van der Waals surface area contributed by atoms with Crippen molar-refractivity contribution < 1.29 is 9.53 Å². The van der Waals surface area contributed by atoms with Crippen LogP contribution in [0, 0.1) is 13.8 Å². The first-order valence-electron chi connectivity index (χ1n) is 4.97. The number of ether oxygens (including phenoxy) is 1. The average Bonchev–Trinajstić information content (AvgIpc) is 2.23. The fourth-order valence-electron chi connectivity index (χ4n) is 1.53. The second-order valence-corrected chi connectivity index (χ2v) is 3.55. The van der Waals surface area contributed by atoms with Crippen LogP contribution in [0.1, 0.15) is 16.7 Å². The highest BCUT2D eigenvalue weighted by molar-refractivity contribution is 5.52. The van der Waals surface area contributed by atoms with Gasteiger partial charge in [-0.15, -0.1) is 0 Å². The van der Waals surface area contributed by atoms with Crippen molar-refractivity contribution in [1.82, 2.24) is 5.32 Å². The van der Waals surface area contributed by atoms with E-state index in [4.69, 9.17) is 4.74 Å². The van der Waals surface area contributed by atoms with E-state index in [1.54, 1.807) is 7.11 Å². The van der Waals surface area contributed by atoms with Gasteiger partial charge in [-0.05, 0) is 36.6 Å². The van der Waals surface area contributed by atoms with Crippen molar-refractivity contribution in [3.63, 3.8) is 0 Å². The summed E-state index contributed by atoms with van der Waals surface area (Å²) in [6, 6.07) is 4.11. The molecule has 0 fully saturated rings. The molecule has 0 amide bonds. The van der Waals surface area contributed by atoms with E-state index >= 15 is 0 Å². The quantitative estimate of drug-likeness (QED) is 0.588. The Balaban J connectivity index is 2.80. The molecule has 0 aliphatic rings. The first-order chi connectivity index (χ1) is 7.19. The van der Waals surface area contributed by atoms with E-state index in [0.29, 0.717) is 6.54 Å². The normalized spacial score (nSPS) is 10.1. The minimum Gasteiger partial charge on any atom is -0.496 e. The third-order valence-corrected chi connectivity index (χ3v) is 2.40. The van der Waals surface area contributed by atoms with Gasteiger partial charge < -0.3 is 14.8 Å². The minimum atomic E-state index is 0.393. The number of carbonyl (C=O) groups is 1. The zero-order valence-electron chi connectivity index (χ0n) is 9.46. The molecule has 0 spiro atoms. The molecule has 0 saturated heterocycles. The highest BCUT2D eigenvalue weighted by Crippen LogP contribution is 2.22. The second-order valence-electron chi connectivity index (χ2n) is 3.55. The van der Waals surface area contributed by atoms with E-state index in [9.17, 15) is 4.79 Å². The number of hydrogen-bond donors (Lipinski definition) is 1. The van der Waals surface area contributed by atoms with Gasteiger partial charge in [-0.2, -0.15) is 0 Å². The van der Waals surface area contributed by atoms with Gasteiger partial charge in [0.2, 0.25) is 0 Å². The average molecular weight is 207 g/mol. The van der Waals surface area contributed by atoms with Crippen LogP contribution in [-0.2, 0) is 11.3 Å². The van der Waals surface area contributed by atoms with Crippen LogP contribution >= 0.6 is 0 Å². The molecule has 0 heterocycles. The second kappa shape index (κ2) is 5.51. The fraction of sp³-hybridized carbons (Fsp3) is 0.417. The van der Waals surface area contributed by atoms with E-state index in [1.165, 1.54) is 11.1 Å². The molecule has 0 radical (unpaired) electrons. The molecular formula is C12H17NO2. The number of methoxy groups -OCH3 is 1. The smallest absolute Gasteiger partial charge is 0.133 e. The Kier molecular flexibility index (Phi) is 4.31. The zero-order chi connectivity index (χ0) is 11.3. The first-order valence-corrected chi connectivity index (χ1v) is 4.97. The van der Waals surface area contributed by atoms with Crippen LogP contribution in [-0.4, -0.2) is 19.9 Å². The highest BCUT2D eigenvalue weighted by atomic mass is 16.5. The largest absolute Gasteiger partial charge is 0.496 e. The molecule has 0 saturated carbocycles. The summed E-state index contributed by atoms with van der Waals surface area (Å²) in [6.45, 7) is 5.17. The number of nitrogens with one attached hydrogen (secondary N) is 1. The third kappa shape index (κ3) is 3.06. The molecule has 1 N–H and O–H groups in total. The van der Waals surface area contributed by atoms with Crippen LogP contribution in [0.15, 0.2) is 12.1 Å². The van der Waals surface area contributed by atoms with Crippen LogP contribution in [0.25, 0.3) is 0 Å². The molecule has 0 unspecified atom stereocenters. The zero-order valence-corrected chi connectivity index (χ0v) is 9.46. The summed E-state index contributed by atoms with van der Waals surface area (Å²) in [5.41, 5.74) is 3.50. The van der Waals surface area contributed by atoms with Crippen LogP contribution in [0.5, 0.6) is 5.75 Å². The maximum absolute atomic E-state index is 10.2. The number of carbonyl (C=O) groups excluding carboxylic acids is 1. The van der Waals surface area contributed by atoms with E-state index in [-0.39, 0.29) is 0 Å². The summed E-state index contributed by atoms with van der Waals surface area (Å²) in [5, 5.41) is 3.05. The molecule has 3 nitrogen and oxygen atoms in total.